The molecular weight excluding hydrogens is 310 g/mol. The molecule has 1 aromatic heterocycles. The van der Waals surface area contributed by atoms with Crippen LogP contribution in [0.3, 0.4) is 0 Å². The van der Waals surface area contributed by atoms with Gasteiger partial charge in [0.25, 0.3) is 0 Å². The van der Waals surface area contributed by atoms with Gasteiger partial charge in [-0.15, -0.1) is 0 Å². The molecule has 118 valence electrons. The van der Waals surface area contributed by atoms with Crippen LogP contribution in [0.5, 0.6) is 0 Å². The summed E-state index contributed by atoms with van der Waals surface area (Å²) in [5, 5.41) is 8.72. The first-order valence-electron chi connectivity index (χ1n) is 7.57. The van der Waals surface area contributed by atoms with E-state index in [0.717, 1.165) is 10.9 Å². The Hall–Kier alpha value is -2.33. The van der Waals surface area contributed by atoms with Crippen LogP contribution in [0, 0.1) is 0 Å². The minimum absolute atomic E-state index is 0.0576. The van der Waals surface area contributed by atoms with Gasteiger partial charge in [0, 0.05) is 11.9 Å². The van der Waals surface area contributed by atoms with Gasteiger partial charge < -0.3 is 5.32 Å². The Morgan fingerprint density at radius 1 is 1.22 bits per heavy atom. The van der Waals surface area contributed by atoms with Crippen LogP contribution in [0.1, 0.15) is 18.4 Å². The third-order valence-corrected chi connectivity index (χ3v) is 4.23. The second-order valence-corrected chi connectivity index (χ2v) is 6.00. The van der Waals surface area contributed by atoms with Gasteiger partial charge in [-0.2, -0.15) is 5.10 Å². The molecule has 3 aromatic rings. The number of halogens is 1. The summed E-state index contributed by atoms with van der Waals surface area (Å²) in [5.74, 6) is 0.210. The fraction of sp³-hybridized carbons (Fsp3) is 0.222. The highest BCUT2D eigenvalue weighted by atomic mass is 35.5. The number of hydrogen-bond donors (Lipinski definition) is 1. The standard InChI is InChI=1S/C18H18ClN3O/c1-13(14-6-3-2-4-7-14)10-20-18(23)12-22-17-9-5-8-16(19)15(17)11-21-22/h2-9,11,13H,10,12H2,1H3,(H,20,23). The zero-order valence-electron chi connectivity index (χ0n) is 12.9. The number of carbonyl (C=O) groups is 1. The number of rotatable bonds is 5. The van der Waals surface area contributed by atoms with Crippen molar-refractivity contribution < 1.29 is 4.79 Å². The summed E-state index contributed by atoms with van der Waals surface area (Å²) in [4.78, 5) is 12.2. The topological polar surface area (TPSA) is 46.9 Å². The zero-order chi connectivity index (χ0) is 16.2. The molecule has 0 aliphatic rings. The van der Waals surface area contributed by atoms with E-state index in [1.54, 1.807) is 10.9 Å². The largest absolute Gasteiger partial charge is 0.354 e. The number of amides is 1. The monoisotopic (exact) mass is 327 g/mol. The fourth-order valence-electron chi connectivity index (χ4n) is 2.55. The van der Waals surface area contributed by atoms with Crippen LogP contribution in [0.2, 0.25) is 5.02 Å². The van der Waals surface area contributed by atoms with Crippen molar-refractivity contribution in [3.8, 4) is 0 Å². The molecule has 0 aliphatic carbocycles. The van der Waals surface area contributed by atoms with E-state index in [9.17, 15) is 4.79 Å². The second kappa shape index (κ2) is 6.84. The van der Waals surface area contributed by atoms with Gasteiger partial charge >= 0.3 is 0 Å². The summed E-state index contributed by atoms with van der Waals surface area (Å²) in [6.07, 6.45) is 1.69. The third-order valence-electron chi connectivity index (χ3n) is 3.90. The van der Waals surface area contributed by atoms with Gasteiger partial charge in [-0.25, -0.2) is 0 Å². The van der Waals surface area contributed by atoms with E-state index in [1.807, 2.05) is 36.4 Å². The van der Waals surface area contributed by atoms with Crippen LogP contribution in [0.25, 0.3) is 10.9 Å². The minimum Gasteiger partial charge on any atom is -0.354 e. The molecule has 1 atom stereocenters. The van der Waals surface area contributed by atoms with E-state index >= 15 is 0 Å². The number of hydrogen-bond acceptors (Lipinski definition) is 2. The second-order valence-electron chi connectivity index (χ2n) is 5.59. The molecule has 0 spiro atoms. The fourth-order valence-corrected chi connectivity index (χ4v) is 2.77. The smallest absolute Gasteiger partial charge is 0.241 e. The number of benzene rings is 2. The van der Waals surface area contributed by atoms with Crippen molar-refractivity contribution in [2.75, 3.05) is 6.54 Å². The molecule has 0 saturated carbocycles. The van der Waals surface area contributed by atoms with E-state index in [0.29, 0.717) is 11.6 Å². The average Bonchev–Trinajstić information content (AvgIpc) is 2.98. The molecule has 0 aliphatic heterocycles. The van der Waals surface area contributed by atoms with Gasteiger partial charge in [-0.1, -0.05) is 54.9 Å². The highest BCUT2D eigenvalue weighted by Crippen LogP contribution is 2.22. The van der Waals surface area contributed by atoms with Crippen LogP contribution in [0.4, 0.5) is 0 Å². The summed E-state index contributed by atoms with van der Waals surface area (Å²) in [7, 11) is 0. The van der Waals surface area contributed by atoms with Crippen molar-refractivity contribution >= 4 is 28.4 Å². The molecule has 0 radical (unpaired) electrons. The molecule has 0 saturated heterocycles. The van der Waals surface area contributed by atoms with E-state index < -0.39 is 0 Å². The molecule has 0 fully saturated rings. The molecule has 1 heterocycles. The summed E-state index contributed by atoms with van der Waals surface area (Å²) in [5.41, 5.74) is 2.08. The maximum Gasteiger partial charge on any atom is 0.241 e. The average molecular weight is 328 g/mol. The lowest BCUT2D eigenvalue weighted by Gasteiger charge is -2.13. The van der Waals surface area contributed by atoms with Gasteiger partial charge in [-0.3, -0.25) is 9.48 Å². The number of aromatic nitrogens is 2. The molecule has 23 heavy (non-hydrogen) atoms. The highest BCUT2D eigenvalue weighted by molar-refractivity contribution is 6.35. The Morgan fingerprint density at radius 2 is 2.00 bits per heavy atom. The SMILES string of the molecule is CC(CNC(=O)Cn1ncc2c(Cl)cccc21)c1ccccc1. The summed E-state index contributed by atoms with van der Waals surface area (Å²) < 4.78 is 1.67. The van der Waals surface area contributed by atoms with Crippen molar-refractivity contribution in [1.29, 1.82) is 0 Å². The third kappa shape index (κ3) is 3.54. The predicted octanol–water partition coefficient (Wildman–Crippen LogP) is 3.61. The molecule has 1 unspecified atom stereocenters. The molecular formula is C18H18ClN3O. The number of nitrogens with zero attached hydrogens (tertiary/aromatic N) is 2. The van der Waals surface area contributed by atoms with Gasteiger partial charge in [0.15, 0.2) is 0 Å². The number of carbonyl (C=O) groups excluding carboxylic acids is 1. The molecule has 1 N–H and O–H groups in total. The Balaban J connectivity index is 1.62. The van der Waals surface area contributed by atoms with Crippen LogP contribution in [-0.4, -0.2) is 22.2 Å². The van der Waals surface area contributed by atoms with Crippen molar-refractivity contribution in [2.24, 2.45) is 0 Å². The van der Waals surface area contributed by atoms with E-state index in [1.165, 1.54) is 5.56 Å². The van der Waals surface area contributed by atoms with Gasteiger partial charge in [-0.05, 0) is 23.6 Å². The maximum atomic E-state index is 12.2. The number of fused-ring (bicyclic) bond motifs is 1. The summed E-state index contributed by atoms with van der Waals surface area (Å²) in [6.45, 7) is 2.88. The van der Waals surface area contributed by atoms with Crippen LogP contribution < -0.4 is 5.32 Å². The van der Waals surface area contributed by atoms with E-state index in [-0.39, 0.29) is 18.4 Å². The van der Waals surface area contributed by atoms with Crippen LogP contribution in [0.15, 0.2) is 54.7 Å². The first kappa shape index (κ1) is 15.6. The Morgan fingerprint density at radius 3 is 2.78 bits per heavy atom. The molecule has 2 aromatic carbocycles. The first-order valence-corrected chi connectivity index (χ1v) is 7.94. The molecule has 0 bridgehead atoms. The Kier molecular flexibility index (Phi) is 4.63. The highest BCUT2D eigenvalue weighted by Gasteiger charge is 2.11. The quantitative estimate of drug-likeness (QED) is 0.778. The summed E-state index contributed by atoms with van der Waals surface area (Å²) in [6, 6.07) is 15.7. The predicted molar refractivity (Wildman–Crippen MR) is 92.6 cm³/mol. The van der Waals surface area contributed by atoms with Crippen molar-refractivity contribution in [1.82, 2.24) is 15.1 Å². The first-order chi connectivity index (χ1) is 11.1. The molecule has 3 rings (SSSR count). The van der Waals surface area contributed by atoms with Gasteiger partial charge in [0.05, 0.1) is 16.7 Å². The lowest BCUT2D eigenvalue weighted by atomic mass is 10.0. The van der Waals surface area contributed by atoms with Crippen LogP contribution >= 0.6 is 11.6 Å². The van der Waals surface area contributed by atoms with Crippen molar-refractivity contribution in [2.45, 2.75) is 19.4 Å². The van der Waals surface area contributed by atoms with E-state index in [2.05, 4.69) is 29.5 Å². The lowest BCUT2D eigenvalue weighted by molar-refractivity contribution is -0.121. The van der Waals surface area contributed by atoms with Gasteiger partial charge in [0.2, 0.25) is 5.91 Å². The molecule has 1 amide bonds. The Bertz CT molecular complexity index is 814. The van der Waals surface area contributed by atoms with E-state index in [4.69, 9.17) is 11.6 Å². The Labute approximate surface area is 140 Å². The number of nitrogens with one attached hydrogen (secondary N) is 1. The maximum absolute atomic E-state index is 12.2. The van der Waals surface area contributed by atoms with Crippen molar-refractivity contribution in [3.05, 3.63) is 65.3 Å². The summed E-state index contributed by atoms with van der Waals surface area (Å²) >= 11 is 6.12. The van der Waals surface area contributed by atoms with Crippen molar-refractivity contribution in [3.63, 3.8) is 0 Å². The lowest BCUT2D eigenvalue weighted by Crippen LogP contribution is -2.31. The molecule has 4 nitrogen and oxygen atoms in total. The molecule has 5 heteroatoms. The zero-order valence-corrected chi connectivity index (χ0v) is 13.6. The minimum atomic E-state index is -0.0576. The normalized spacial score (nSPS) is 12.3. The van der Waals surface area contributed by atoms with Gasteiger partial charge in [0.1, 0.15) is 6.54 Å². The van der Waals surface area contributed by atoms with Crippen LogP contribution in [-0.2, 0) is 11.3 Å².